The lowest BCUT2D eigenvalue weighted by atomic mass is 10.0. The van der Waals surface area contributed by atoms with Gasteiger partial charge in [-0.2, -0.15) is 0 Å². The molecule has 0 unspecified atom stereocenters. The van der Waals surface area contributed by atoms with E-state index in [9.17, 15) is 0 Å². The zero-order valence-corrected chi connectivity index (χ0v) is 13.5. The molecule has 0 nitrogen and oxygen atoms in total. The average Bonchev–Trinajstić information content (AvgIpc) is 2.55. The molecule has 0 aromatic rings. The van der Waals surface area contributed by atoms with Gasteiger partial charge in [0.15, 0.2) is 0 Å². The second kappa shape index (κ2) is 6.00. The topological polar surface area (TPSA) is 0 Å². The minimum absolute atomic E-state index is 0.580. The third-order valence-electron chi connectivity index (χ3n) is 3.65. The Morgan fingerprint density at radius 3 is 2.42 bits per heavy atom. The van der Waals surface area contributed by atoms with Gasteiger partial charge in [-0.3, -0.25) is 0 Å². The van der Waals surface area contributed by atoms with Crippen LogP contribution in [-0.2, 0) is 0 Å². The molecule has 0 amide bonds. The zero-order chi connectivity index (χ0) is 14.0. The van der Waals surface area contributed by atoms with Crippen molar-refractivity contribution in [2.75, 3.05) is 5.75 Å². The maximum absolute atomic E-state index is 2.39. The van der Waals surface area contributed by atoms with Gasteiger partial charge in [0, 0.05) is 4.90 Å². The van der Waals surface area contributed by atoms with E-state index >= 15 is 0 Å². The lowest BCUT2D eigenvalue weighted by Gasteiger charge is -2.05. The fourth-order valence-corrected chi connectivity index (χ4v) is 3.57. The molecular weight excluding hydrogens is 248 g/mol. The van der Waals surface area contributed by atoms with Crippen molar-refractivity contribution in [2.45, 2.75) is 51.9 Å². The molecule has 0 fully saturated rings. The van der Waals surface area contributed by atoms with E-state index in [4.69, 9.17) is 0 Å². The summed E-state index contributed by atoms with van der Waals surface area (Å²) >= 11 is 1.99. The number of fused-ring (bicyclic) bond motifs is 1. The summed E-state index contributed by atoms with van der Waals surface area (Å²) in [6.07, 6.45) is 1.23. The zero-order valence-electron chi connectivity index (χ0n) is 12.7. The van der Waals surface area contributed by atoms with Crippen molar-refractivity contribution in [3.05, 3.63) is 41.0 Å². The van der Waals surface area contributed by atoms with Gasteiger partial charge in [0.1, 0.15) is 0 Å². The van der Waals surface area contributed by atoms with Crippen molar-refractivity contribution in [3.63, 3.8) is 0 Å². The monoisotopic (exact) mass is 272 g/mol. The summed E-state index contributed by atoms with van der Waals surface area (Å²) in [5.74, 6) is 1.78. The summed E-state index contributed by atoms with van der Waals surface area (Å²) in [5, 5.41) is 0. The normalized spacial score (nSPS) is 11.5. The Morgan fingerprint density at radius 1 is 1.05 bits per heavy atom. The molecule has 0 aromatic heterocycles. The highest BCUT2D eigenvalue weighted by Gasteiger charge is 2.16. The van der Waals surface area contributed by atoms with Crippen LogP contribution in [0.15, 0.2) is 29.2 Å². The van der Waals surface area contributed by atoms with Gasteiger partial charge in [-0.15, -0.1) is 11.8 Å². The van der Waals surface area contributed by atoms with E-state index in [-0.39, 0.29) is 0 Å². The van der Waals surface area contributed by atoms with Crippen molar-refractivity contribution < 1.29 is 0 Å². The van der Waals surface area contributed by atoms with Crippen LogP contribution >= 0.6 is 11.8 Å². The highest BCUT2D eigenvalue weighted by Crippen LogP contribution is 2.41. The number of hydrogen-bond acceptors (Lipinski definition) is 1. The molecule has 1 heteroatoms. The van der Waals surface area contributed by atoms with E-state index in [0.29, 0.717) is 5.92 Å². The van der Waals surface area contributed by atoms with Crippen LogP contribution in [0, 0.1) is 13.8 Å². The summed E-state index contributed by atoms with van der Waals surface area (Å²) in [6, 6.07) is 9.32. The number of aryl methyl sites for hydroxylation is 2. The largest absolute Gasteiger partial charge is 0.126 e. The second-order valence-corrected chi connectivity index (χ2v) is 6.78. The van der Waals surface area contributed by atoms with E-state index in [0.717, 1.165) is 0 Å². The molecule has 19 heavy (non-hydrogen) atoms. The van der Waals surface area contributed by atoms with Crippen molar-refractivity contribution in [3.8, 4) is 11.1 Å². The Hall–Kier alpha value is -0.950. The van der Waals surface area contributed by atoms with Crippen LogP contribution in [0.5, 0.6) is 0 Å². The van der Waals surface area contributed by atoms with Crippen molar-refractivity contribution >= 4 is 11.8 Å². The first-order valence-corrected chi connectivity index (χ1v) is 8.19. The van der Waals surface area contributed by atoms with Crippen LogP contribution < -0.4 is 0 Å². The molecule has 0 saturated carbocycles. The third-order valence-corrected chi connectivity index (χ3v) is 4.89. The van der Waals surface area contributed by atoms with Crippen LogP contribution in [0.2, 0.25) is 0 Å². The Kier molecular flexibility index (Phi) is 4.57. The first-order chi connectivity index (χ1) is 9.04. The molecule has 0 N–H and O–H groups in total. The van der Waals surface area contributed by atoms with E-state index in [1.165, 1.54) is 44.9 Å². The lowest BCUT2D eigenvalue weighted by Crippen LogP contribution is -1.84. The quantitative estimate of drug-likeness (QED) is 0.612. The molecule has 2 rings (SSSR count). The Morgan fingerprint density at radius 2 is 1.79 bits per heavy atom. The number of rotatable bonds is 4. The minimum Gasteiger partial charge on any atom is -0.126 e. The average molecular weight is 272 g/mol. The molecule has 0 aliphatic heterocycles. The lowest BCUT2D eigenvalue weighted by molar-refractivity contribution is 0.868. The molecular formula is C18H24S. The van der Waals surface area contributed by atoms with Crippen LogP contribution in [0.3, 0.4) is 0 Å². The fraction of sp³-hybridized carbons (Fsp3) is 0.444. The standard InChI is InChI=1S/C18H24S/c1-6-9-19-17-10-14(5)16-11-15(12(2)3)8-7-13(4)18(16)17/h7-8,10-12H,6,9H2,1-5H3. The van der Waals surface area contributed by atoms with Gasteiger partial charge in [-0.25, -0.2) is 0 Å². The second-order valence-electron chi connectivity index (χ2n) is 5.64. The number of hydrogen-bond donors (Lipinski definition) is 0. The Balaban J connectivity index is 2.57. The van der Waals surface area contributed by atoms with E-state index in [2.05, 4.69) is 58.9 Å². The third kappa shape index (κ3) is 2.97. The summed E-state index contributed by atoms with van der Waals surface area (Å²) in [7, 11) is 0. The van der Waals surface area contributed by atoms with E-state index in [1.807, 2.05) is 11.8 Å². The van der Waals surface area contributed by atoms with Gasteiger partial charge in [0.25, 0.3) is 0 Å². The first kappa shape index (κ1) is 14.5. The molecule has 102 valence electrons. The maximum atomic E-state index is 2.39. The highest BCUT2D eigenvalue weighted by atomic mass is 32.2. The first-order valence-electron chi connectivity index (χ1n) is 7.21. The summed E-state index contributed by atoms with van der Waals surface area (Å²) in [4.78, 5) is 1.46. The summed E-state index contributed by atoms with van der Waals surface area (Å²) in [5.41, 5.74) is 7.13. The predicted molar refractivity (Wildman–Crippen MR) is 87.6 cm³/mol. The van der Waals surface area contributed by atoms with Crippen molar-refractivity contribution in [1.29, 1.82) is 0 Å². The predicted octanol–water partition coefficient (Wildman–Crippen LogP) is 6.03. The molecule has 0 heterocycles. The van der Waals surface area contributed by atoms with Crippen molar-refractivity contribution in [2.24, 2.45) is 0 Å². The van der Waals surface area contributed by atoms with Crippen LogP contribution in [0.1, 0.15) is 49.8 Å². The van der Waals surface area contributed by atoms with Gasteiger partial charge in [0.2, 0.25) is 0 Å². The van der Waals surface area contributed by atoms with E-state index in [1.54, 1.807) is 0 Å². The van der Waals surface area contributed by atoms with Gasteiger partial charge in [-0.05, 0) is 65.8 Å². The molecule has 0 spiro atoms. The van der Waals surface area contributed by atoms with Crippen molar-refractivity contribution in [1.82, 2.24) is 0 Å². The molecule has 2 aliphatic rings. The smallest absolute Gasteiger partial charge is 0.0156 e. The summed E-state index contributed by atoms with van der Waals surface area (Å²) in [6.45, 7) is 11.3. The SMILES string of the molecule is CCCSc1cc(C)c2cc(C(C)C)ccc(C)c1-2. The molecule has 0 aromatic carbocycles. The van der Waals surface area contributed by atoms with Gasteiger partial charge < -0.3 is 0 Å². The molecule has 0 bridgehead atoms. The minimum atomic E-state index is 0.580. The van der Waals surface area contributed by atoms with E-state index < -0.39 is 0 Å². The highest BCUT2D eigenvalue weighted by molar-refractivity contribution is 7.99. The summed E-state index contributed by atoms with van der Waals surface area (Å²) < 4.78 is 0. The van der Waals surface area contributed by atoms with Crippen LogP contribution in [0.4, 0.5) is 0 Å². The molecule has 0 radical (unpaired) electrons. The van der Waals surface area contributed by atoms with Gasteiger partial charge in [0.05, 0.1) is 0 Å². The maximum Gasteiger partial charge on any atom is 0.0156 e. The van der Waals surface area contributed by atoms with Crippen LogP contribution in [-0.4, -0.2) is 5.75 Å². The Labute approximate surface area is 122 Å². The molecule has 0 atom stereocenters. The fourth-order valence-electron chi connectivity index (χ4n) is 2.47. The van der Waals surface area contributed by atoms with Gasteiger partial charge >= 0.3 is 0 Å². The molecule has 2 aliphatic carbocycles. The van der Waals surface area contributed by atoms with Crippen LogP contribution in [0.25, 0.3) is 11.1 Å². The molecule has 0 saturated heterocycles. The van der Waals surface area contributed by atoms with Gasteiger partial charge in [-0.1, -0.05) is 39.0 Å². The number of thioether (sulfide) groups is 1. The Bertz CT molecular complexity index is 540.